The van der Waals surface area contributed by atoms with Gasteiger partial charge in [-0.3, -0.25) is 14.9 Å². The molecule has 102 valence electrons. The number of hydrogen-bond acceptors (Lipinski definition) is 4. The first-order chi connectivity index (χ1) is 8.95. The van der Waals surface area contributed by atoms with Gasteiger partial charge in [0.1, 0.15) is 0 Å². The van der Waals surface area contributed by atoms with Gasteiger partial charge in [-0.1, -0.05) is 12.1 Å². The Hall–Kier alpha value is -1.95. The molecule has 1 aliphatic heterocycles. The molecule has 1 fully saturated rings. The molecule has 2 rings (SSSR count). The van der Waals surface area contributed by atoms with Crippen LogP contribution in [0.4, 0.5) is 5.69 Å². The fourth-order valence-electron chi connectivity index (χ4n) is 2.51. The number of nitrogens with zero attached hydrogens (tertiary/aromatic N) is 1. The molecule has 19 heavy (non-hydrogen) atoms. The Labute approximate surface area is 110 Å². The maximum atomic E-state index is 11.5. The van der Waals surface area contributed by atoms with Crippen molar-refractivity contribution in [1.82, 2.24) is 0 Å². The third-order valence-electron chi connectivity index (χ3n) is 3.76. The quantitative estimate of drug-likeness (QED) is 0.664. The van der Waals surface area contributed by atoms with Crippen molar-refractivity contribution in [1.29, 1.82) is 0 Å². The minimum absolute atomic E-state index is 0.0235. The second kappa shape index (κ2) is 4.97. The molecule has 0 aliphatic carbocycles. The number of hydrogen-bond donors (Lipinski definition) is 1. The van der Waals surface area contributed by atoms with Gasteiger partial charge < -0.3 is 9.84 Å². The van der Waals surface area contributed by atoms with Gasteiger partial charge in [0.05, 0.1) is 16.4 Å². The summed E-state index contributed by atoms with van der Waals surface area (Å²) in [6.07, 6.45) is 0.265. The molecule has 2 unspecified atom stereocenters. The molecule has 1 heterocycles. The van der Waals surface area contributed by atoms with E-state index in [1.807, 2.05) is 0 Å². The van der Waals surface area contributed by atoms with Gasteiger partial charge in [0.25, 0.3) is 5.69 Å². The van der Waals surface area contributed by atoms with Gasteiger partial charge in [-0.05, 0) is 25.3 Å². The van der Waals surface area contributed by atoms with Crippen LogP contribution in [0.2, 0.25) is 0 Å². The van der Waals surface area contributed by atoms with Crippen molar-refractivity contribution < 1.29 is 19.6 Å². The van der Waals surface area contributed by atoms with Crippen LogP contribution in [0, 0.1) is 15.5 Å². The van der Waals surface area contributed by atoms with Gasteiger partial charge in [-0.2, -0.15) is 0 Å². The number of aliphatic carboxylic acids is 1. The Morgan fingerprint density at radius 2 is 2.37 bits per heavy atom. The van der Waals surface area contributed by atoms with Crippen LogP contribution in [-0.4, -0.2) is 28.7 Å². The predicted molar refractivity (Wildman–Crippen MR) is 66.9 cm³/mol. The van der Waals surface area contributed by atoms with Gasteiger partial charge >= 0.3 is 5.97 Å². The average Bonchev–Trinajstić information content (AvgIpc) is 2.72. The third-order valence-corrected chi connectivity index (χ3v) is 3.76. The first kappa shape index (κ1) is 13.5. The Balaban J connectivity index is 2.30. The van der Waals surface area contributed by atoms with E-state index < -0.39 is 22.4 Å². The first-order valence-corrected chi connectivity index (χ1v) is 6.04. The zero-order valence-corrected chi connectivity index (χ0v) is 10.5. The van der Waals surface area contributed by atoms with E-state index in [1.54, 1.807) is 19.1 Å². The van der Waals surface area contributed by atoms with Crippen LogP contribution < -0.4 is 0 Å². The summed E-state index contributed by atoms with van der Waals surface area (Å²) in [4.78, 5) is 21.8. The molecule has 2 atom stereocenters. The van der Waals surface area contributed by atoms with Crippen molar-refractivity contribution in [3.8, 4) is 0 Å². The van der Waals surface area contributed by atoms with E-state index in [-0.39, 0.29) is 12.1 Å². The number of ether oxygens (including phenoxy) is 1. The van der Waals surface area contributed by atoms with E-state index in [9.17, 15) is 20.0 Å². The predicted octanol–water partition coefficient (Wildman–Crippen LogP) is 2.02. The zero-order valence-electron chi connectivity index (χ0n) is 10.5. The number of carbonyl (C=O) groups is 1. The molecule has 1 saturated heterocycles. The number of carboxylic acids is 1. The van der Waals surface area contributed by atoms with Crippen molar-refractivity contribution in [2.45, 2.75) is 25.9 Å². The summed E-state index contributed by atoms with van der Waals surface area (Å²) in [6, 6.07) is 6.10. The average molecular weight is 265 g/mol. The molecule has 0 amide bonds. The normalized spacial score (nSPS) is 26.3. The van der Waals surface area contributed by atoms with E-state index in [2.05, 4.69) is 0 Å². The van der Waals surface area contributed by atoms with Crippen molar-refractivity contribution >= 4 is 11.7 Å². The van der Waals surface area contributed by atoms with Crippen LogP contribution in [0.25, 0.3) is 0 Å². The lowest BCUT2D eigenvalue weighted by Crippen LogP contribution is -2.39. The van der Waals surface area contributed by atoms with E-state index in [4.69, 9.17) is 4.74 Å². The maximum Gasteiger partial charge on any atom is 0.312 e. The van der Waals surface area contributed by atoms with Crippen molar-refractivity contribution in [3.05, 3.63) is 39.9 Å². The van der Waals surface area contributed by atoms with Crippen LogP contribution in [0.3, 0.4) is 0 Å². The molecule has 6 nitrogen and oxygen atoms in total. The SMILES string of the molecule is CC1OCCC1(Cc1cccc([N+](=O)[O-])c1)C(=O)O. The lowest BCUT2D eigenvalue weighted by atomic mass is 9.76. The van der Waals surface area contributed by atoms with Gasteiger partial charge in [-0.25, -0.2) is 0 Å². The minimum Gasteiger partial charge on any atom is -0.481 e. The van der Waals surface area contributed by atoms with Gasteiger partial charge in [-0.15, -0.1) is 0 Å². The van der Waals surface area contributed by atoms with Gasteiger partial charge in [0, 0.05) is 18.7 Å². The van der Waals surface area contributed by atoms with Crippen molar-refractivity contribution in [3.63, 3.8) is 0 Å². The van der Waals surface area contributed by atoms with Crippen LogP contribution >= 0.6 is 0 Å². The topological polar surface area (TPSA) is 89.7 Å². The van der Waals surface area contributed by atoms with E-state index in [0.29, 0.717) is 18.6 Å². The summed E-state index contributed by atoms with van der Waals surface area (Å²) in [7, 11) is 0. The second-order valence-corrected chi connectivity index (χ2v) is 4.83. The highest BCUT2D eigenvalue weighted by Gasteiger charge is 2.48. The minimum atomic E-state index is -0.991. The standard InChI is InChI=1S/C13H15NO5/c1-9-13(12(15)16,5-6-19-9)8-10-3-2-4-11(7-10)14(17)18/h2-4,7,9H,5-6,8H2,1H3,(H,15,16). The van der Waals surface area contributed by atoms with Crippen LogP contribution in [0.15, 0.2) is 24.3 Å². The highest BCUT2D eigenvalue weighted by atomic mass is 16.6. The number of benzene rings is 1. The lowest BCUT2D eigenvalue weighted by Gasteiger charge is -2.27. The lowest BCUT2D eigenvalue weighted by molar-refractivity contribution is -0.384. The van der Waals surface area contributed by atoms with Gasteiger partial charge in [0.2, 0.25) is 0 Å². The van der Waals surface area contributed by atoms with E-state index in [0.717, 1.165) is 0 Å². The fourth-order valence-corrected chi connectivity index (χ4v) is 2.51. The number of nitro benzene ring substituents is 1. The summed E-state index contributed by atoms with van der Waals surface area (Å²) >= 11 is 0. The Bertz CT molecular complexity index is 516. The summed E-state index contributed by atoms with van der Waals surface area (Å²) in [5.41, 5.74) is -0.367. The Morgan fingerprint density at radius 1 is 1.63 bits per heavy atom. The van der Waals surface area contributed by atoms with E-state index in [1.165, 1.54) is 12.1 Å². The molecular weight excluding hydrogens is 250 g/mol. The Morgan fingerprint density at radius 3 is 2.89 bits per heavy atom. The number of rotatable bonds is 4. The van der Waals surface area contributed by atoms with Crippen molar-refractivity contribution in [2.24, 2.45) is 5.41 Å². The second-order valence-electron chi connectivity index (χ2n) is 4.83. The largest absolute Gasteiger partial charge is 0.481 e. The molecule has 0 aromatic heterocycles. The molecule has 6 heteroatoms. The van der Waals surface area contributed by atoms with Gasteiger partial charge in [0.15, 0.2) is 0 Å². The highest BCUT2D eigenvalue weighted by Crippen LogP contribution is 2.39. The molecule has 0 bridgehead atoms. The molecule has 1 aliphatic rings. The zero-order chi connectivity index (χ0) is 14.0. The summed E-state index contributed by atoms with van der Waals surface area (Å²) in [5, 5.41) is 20.2. The molecular formula is C13H15NO5. The first-order valence-electron chi connectivity index (χ1n) is 6.04. The highest BCUT2D eigenvalue weighted by molar-refractivity contribution is 5.76. The Kier molecular flexibility index (Phi) is 3.53. The third kappa shape index (κ3) is 2.44. The molecule has 1 aromatic rings. The molecule has 0 saturated carbocycles. The molecule has 1 aromatic carbocycles. The summed E-state index contributed by atoms with van der Waals surface area (Å²) in [6.45, 7) is 2.14. The number of non-ortho nitro benzene ring substituents is 1. The van der Waals surface area contributed by atoms with Crippen LogP contribution in [0.5, 0.6) is 0 Å². The number of nitro groups is 1. The summed E-state index contributed by atoms with van der Waals surface area (Å²) < 4.78 is 5.37. The summed E-state index contributed by atoms with van der Waals surface area (Å²) in [5.74, 6) is -0.913. The molecule has 0 radical (unpaired) electrons. The molecule has 1 N–H and O–H groups in total. The number of carboxylic acid groups (broad SMARTS) is 1. The smallest absolute Gasteiger partial charge is 0.312 e. The fraction of sp³-hybridized carbons (Fsp3) is 0.462. The maximum absolute atomic E-state index is 11.5. The van der Waals surface area contributed by atoms with Crippen molar-refractivity contribution in [2.75, 3.05) is 6.61 Å². The van der Waals surface area contributed by atoms with Crippen LogP contribution in [-0.2, 0) is 16.0 Å². The van der Waals surface area contributed by atoms with Crippen LogP contribution in [0.1, 0.15) is 18.9 Å². The molecule has 0 spiro atoms. The monoisotopic (exact) mass is 265 g/mol. The van der Waals surface area contributed by atoms with E-state index >= 15 is 0 Å².